The Balaban J connectivity index is 1.39. The Hall–Kier alpha value is -3.17. The van der Waals surface area contributed by atoms with Crippen LogP contribution >= 0.6 is 15.9 Å². The maximum Gasteiger partial charge on any atom is 0.407 e. The van der Waals surface area contributed by atoms with Gasteiger partial charge >= 0.3 is 6.09 Å². The fraction of sp³-hybridized carbons (Fsp3) is 0.333. The maximum absolute atomic E-state index is 13.2. The maximum atomic E-state index is 13.2. The Bertz CT molecular complexity index is 1420. The molecule has 1 aliphatic rings. The molecule has 3 aromatic rings. The molecule has 0 saturated carbocycles. The highest BCUT2D eigenvalue weighted by molar-refractivity contribution is 9.10. The SMILES string of the molecule is CC(C)(C)OC(=O)NCc1ccccc1-c1ccc(C(=O)N2CCC(S(=O)(=O)c3ccc(Br)cc3)CC2)cc1. The molecule has 1 aliphatic heterocycles. The topological polar surface area (TPSA) is 92.8 Å². The number of likely N-dealkylation sites (tertiary alicyclic amines) is 1. The van der Waals surface area contributed by atoms with Crippen molar-refractivity contribution in [3.05, 3.63) is 88.4 Å². The summed E-state index contributed by atoms with van der Waals surface area (Å²) >= 11 is 3.34. The van der Waals surface area contributed by atoms with Crippen LogP contribution in [-0.4, -0.2) is 49.3 Å². The van der Waals surface area contributed by atoms with Crippen LogP contribution in [0.1, 0.15) is 49.5 Å². The number of ether oxygens (including phenoxy) is 1. The number of carbonyl (C=O) groups is 2. The van der Waals surface area contributed by atoms with Crippen molar-refractivity contribution in [1.29, 1.82) is 0 Å². The summed E-state index contributed by atoms with van der Waals surface area (Å²) in [6.07, 6.45) is 0.326. The zero-order chi connectivity index (χ0) is 28.2. The van der Waals surface area contributed by atoms with Crippen LogP contribution in [0.2, 0.25) is 0 Å². The Morgan fingerprint density at radius 3 is 2.18 bits per heavy atom. The minimum atomic E-state index is -3.45. The van der Waals surface area contributed by atoms with Gasteiger partial charge in [0, 0.05) is 29.7 Å². The molecule has 0 atom stereocenters. The summed E-state index contributed by atoms with van der Waals surface area (Å²) in [5, 5.41) is 2.29. The fourth-order valence-electron chi connectivity index (χ4n) is 4.60. The first-order chi connectivity index (χ1) is 18.4. The van der Waals surface area contributed by atoms with Crippen LogP contribution < -0.4 is 5.32 Å². The van der Waals surface area contributed by atoms with Crippen molar-refractivity contribution in [3.63, 3.8) is 0 Å². The quantitative estimate of drug-likeness (QED) is 0.357. The number of hydrogen-bond acceptors (Lipinski definition) is 5. The van der Waals surface area contributed by atoms with Gasteiger partial charge in [-0.15, -0.1) is 0 Å². The van der Waals surface area contributed by atoms with Gasteiger partial charge in [0.05, 0.1) is 10.1 Å². The highest BCUT2D eigenvalue weighted by Crippen LogP contribution is 2.28. The van der Waals surface area contributed by atoms with Gasteiger partial charge in [0.1, 0.15) is 5.60 Å². The van der Waals surface area contributed by atoms with Crippen molar-refractivity contribution in [2.75, 3.05) is 13.1 Å². The van der Waals surface area contributed by atoms with Crippen LogP contribution in [0, 0.1) is 0 Å². The molecule has 0 unspecified atom stereocenters. The van der Waals surface area contributed by atoms with E-state index in [9.17, 15) is 18.0 Å². The number of rotatable bonds is 6. The molecule has 4 rings (SSSR count). The third-order valence-electron chi connectivity index (χ3n) is 6.59. The number of piperidine rings is 1. The van der Waals surface area contributed by atoms with E-state index in [0.29, 0.717) is 42.9 Å². The summed E-state index contributed by atoms with van der Waals surface area (Å²) in [6.45, 7) is 6.54. The van der Waals surface area contributed by atoms with Crippen LogP contribution in [0.3, 0.4) is 0 Å². The molecule has 0 aliphatic carbocycles. The zero-order valence-corrected chi connectivity index (χ0v) is 24.7. The molecule has 0 aromatic heterocycles. The number of nitrogens with zero attached hydrogens (tertiary/aromatic N) is 1. The lowest BCUT2D eigenvalue weighted by atomic mass is 9.98. The number of carbonyl (C=O) groups excluding carboxylic acids is 2. The lowest BCUT2D eigenvalue weighted by Crippen LogP contribution is -2.42. The third-order valence-corrected chi connectivity index (χ3v) is 9.40. The van der Waals surface area contributed by atoms with Crippen molar-refractivity contribution in [3.8, 4) is 11.1 Å². The van der Waals surface area contributed by atoms with E-state index in [1.807, 2.05) is 57.2 Å². The second-order valence-corrected chi connectivity index (χ2v) is 13.7. The Morgan fingerprint density at radius 2 is 1.56 bits per heavy atom. The van der Waals surface area contributed by atoms with Crippen molar-refractivity contribution in [1.82, 2.24) is 10.2 Å². The summed E-state index contributed by atoms with van der Waals surface area (Å²) < 4.78 is 32.2. The van der Waals surface area contributed by atoms with E-state index in [2.05, 4.69) is 21.2 Å². The van der Waals surface area contributed by atoms with Crippen molar-refractivity contribution in [2.24, 2.45) is 0 Å². The predicted molar refractivity (Wildman–Crippen MR) is 155 cm³/mol. The molecule has 7 nitrogen and oxygen atoms in total. The molecule has 2 amide bonds. The first-order valence-corrected chi connectivity index (χ1v) is 15.2. The molecule has 1 saturated heterocycles. The molecule has 0 spiro atoms. The van der Waals surface area contributed by atoms with Crippen LogP contribution in [0.25, 0.3) is 11.1 Å². The van der Waals surface area contributed by atoms with Gasteiger partial charge < -0.3 is 15.0 Å². The third kappa shape index (κ3) is 7.28. The number of halogens is 1. The van der Waals surface area contributed by atoms with E-state index in [4.69, 9.17) is 4.74 Å². The van der Waals surface area contributed by atoms with Gasteiger partial charge in [-0.3, -0.25) is 4.79 Å². The second-order valence-electron chi connectivity index (χ2n) is 10.6. The molecular weight excluding hydrogens is 580 g/mol. The first-order valence-electron chi connectivity index (χ1n) is 12.9. The summed E-state index contributed by atoms with van der Waals surface area (Å²) in [4.78, 5) is 27.3. The highest BCUT2D eigenvalue weighted by atomic mass is 79.9. The standard InChI is InChI=1S/C30H33BrN2O5S/c1-30(2,3)38-29(35)32-20-23-6-4-5-7-27(23)21-8-10-22(11-9-21)28(34)33-18-16-26(17-19-33)39(36,37)25-14-12-24(31)13-15-25/h4-15,26H,16-20H2,1-3H3,(H,32,35). The summed E-state index contributed by atoms with van der Waals surface area (Å²) in [5.74, 6) is -0.110. The number of hydrogen-bond donors (Lipinski definition) is 1. The number of alkyl carbamates (subject to hydrolysis) is 1. The van der Waals surface area contributed by atoms with E-state index < -0.39 is 26.8 Å². The van der Waals surface area contributed by atoms with Crippen LogP contribution in [-0.2, 0) is 21.1 Å². The summed E-state index contributed by atoms with van der Waals surface area (Å²) in [6, 6.07) is 21.8. The monoisotopic (exact) mass is 612 g/mol. The Morgan fingerprint density at radius 1 is 0.949 bits per heavy atom. The highest BCUT2D eigenvalue weighted by Gasteiger charge is 2.33. The molecule has 3 aromatic carbocycles. The minimum Gasteiger partial charge on any atom is -0.444 e. The average Bonchev–Trinajstić information content (AvgIpc) is 2.91. The van der Waals surface area contributed by atoms with Crippen LogP contribution in [0.5, 0.6) is 0 Å². The molecule has 0 radical (unpaired) electrons. The lowest BCUT2D eigenvalue weighted by molar-refractivity contribution is 0.0523. The molecule has 1 heterocycles. The Labute approximate surface area is 238 Å². The largest absolute Gasteiger partial charge is 0.444 e. The summed E-state index contributed by atoms with van der Waals surface area (Å²) in [7, 11) is -3.45. The Kier molecular flexibility index (Phi) is 8.81. The van der Waals surface area contributed by atoms with Gasteiger partial charge in [0.15, 0.2) is 9.84 Å². The van der Waals surface area contributed by atoms with Crippen molar-refractivity contribution < 1.29 is 22.7 Å². The normalized spacial score (nSPS) is 14.6. The number of amides is 2. The smallest absolute Gasteiger partial charge is 0.407 e. The molecule has 1 fully saturated rings. The van der Waals surface area contributed by atoms with Crippen LogP contribution in [0.15, 0.2) is 82.2 Å². The predicted octanol–water partition coefficient (Wildman–Crippen LogP) is 6.22. The zero-order valence-electron chi connectivity index (χ0n) is 22.3. The second kappa shape index (κ2) is 11.9. The molecule has 206 valence electrons. The minimum absolute atomic E-state index is 0.110. The number of benzene rings is 3. The molecule has 1 N–H and O–H groups in total. The van der Waals surface area contributed by atoms with Gasteiger partial charge in [-0.1, -0.05) is 52.3 Å². The number of nitrogens with one attached hydrogen (secondary N) is 1. The average molecular weight is 614 g/mol. The van der Waals surface area contributed by atoms with Gasteiger partial charge in [-0.2, -0.15) is 0 Å². The van der Waals surface area contributed by atoms with Gasteiger partial charge in [-0.25, -0.2) is 13.2 Å². The molecule has 39 heavy (non-hydrogen) atoms. The van der Waals surface area contributed by atoms with E-state index >= 15 is 0 Å². The van der Waals surface area contributed by atoms with Crippen molar-refractivity contribution in [2.45, 2.75) is 55.9 Å². The number of sulfone groups is 1. The van der Waals surface area contributed by atoms with Gasteiger partial charge in [-0.05, 0) is 86.7 Å². The van der Waals surface area contributed by atoms with E-state index in [0.717, 1.165) is 21.2 Å². The van der Waals surface area contributed by atoms with E-state index in [1.165, 1.54) is 0 Å². The summed E-state index contributed by atoms with van der Waals surface area (Å²) in [5.41, 5.74) is 2.78. The molecule has 0 bridgehead atoms. The first kappa shape index (κ1) is 28.8. The lowest BCUT2D eigenvalue weighted by Gasteiger charge is -2.32. The van der Waals surface area contributed by atoms with Gasteiger partial charge in [0.2, 0.25) is 0 Å². The molecular formula is C30H33BrN2O5S. The van der Waals surface area contributed by atoms with E-state index in [-0.39, 0.29) is 5.91 Å². The van der Waals surface area contributed by atoms with Crippen molar-refractivity contribution >= 4 is 37.8 Å². The van der Waals surface area contributed by atoms with E-state index in [1.54, 1.807) is 41.3 Å². The molecule has 9 heteroatoms. The van der Waals surface area contributed by atoms with Gasteiger partial charge in [0.25, 0.3) is 5.91 Å². The fourth-order valence-corrected chi connectivity index (χ4v) is 6.59. The van der Waals surface area contributed by atoms with Crippen LogP contribution in [0.4, 0.5) is 4.79 Å².